The van der Waals surface area contributed by atoms with Gasteiger partial charge in [0.2, 0.25) is 0 Å². The molecule has 0 fully saturated rings. The van der Waals surface area contributed by atoms with Crippen LogP contribution in [0.4, 0.5) is 0 Å². The lowest BCUT2D eigenvalue weighted by Crippen LogP contribution is -1.83. The summed E-state index contributed by atoms with van der Waals surface area (Å²) < 4.78 is 5.23. The molecule has 0 amide bonds. The summed E-state index contributed by atoms with van der Waals surface area (Å²) in [5, 5.41) is 10.3. The van der Waals surface area contributed by atoms with E-state index in [4.69, 9.17) is 4.74 Å². The second-order valence-electron chi connectivity index (χ2n) is 4.28. The van der Waals surface area contributed by atoms with Crippen molar-refractivity contribution in [2.75, 3.05) is 7.11 Å². The number of H-pyrrole nitrogens is 2. The summed E-state index contributed by atoms with van der Waals surface area (Å²) in [6, 6.07) is 7.95. The van der Waals surface area contributed by atoms with Crippen LogP contribution in [0.1, 0.15) is 11.3 Å². The molecule has 2 aromatic heterocycles. The maximum Gasteiger partial charge on any atom is 0.119 e. The van der Waals surface area contributed by atoms with E-state index in [1.165, 1.54) is 0 Å². The van der Waals surface area contributed by atoms with Gasteiger partial charge in [-0.25, -0.2) is 4.98 Å². The Bertz CT molecular complexity index is 806. The Morgan fingerprint density at radius 1 is 1.40 bits per heavy atom. The quantitative estimate of drug-likeness (QED) is 0.714. The predicted octanol–water partition coefficient (Wildman–Crippen LogP) is 2.96. The zero-order valence-electron chi connectivity index (χ0n) is 10.8. The molecule has 0 aliphatic rings. The maximum absolute atomic E-state index is 9.38. The van der Waals surface area contributed by atoms with Crippen LogP contribution in [0, 0.1) is 11.3 Å². The van der Waals surface area contributed by atoms with Gasteiger partial charge in [0.15, 0.2) is 0 Å². The number of hydrogen-bond acceptors (Lipinski definition) is 3. The highest BCUT2D eigenvalue weighted by Gasteiger charge is 2.10. The molecule has 0 saturated heterocycles. The van der Waals surface area contributed by atoms with Crippen molar-refractivity contribution in [1.82, 2.24) is 15.0 Å². The number of allylic oxidation sites excluding steroid dienone is 1. The first-order valence-corrected chi connectivity index (χ1v) is 6.08. The average Bonchev–Trinajstić information content (AvgIpc) is 3.13. The summed E-state index contributed by atoms with van der Waals surface area (Å²) in [5.74, 6) is 0.760. The van der Waals surface area contributed by atoms with Gasteiger partial charge in [0.25, 0.3) is 0 Å². The van der Waals surface area contributed by atoms with Gasteiger partial charge in [-0.1, -0.05) is 0 Å². The summed E-state index contributed by atoms with van der Waals surface area (Å²) in [5.41, 5.74) is 3.07. The fraction of sp³-hybridized carbons (Fsp3) is 0.0667. The fourth-order valence-corrected chi connectivity index (χ4v) is 2.12. The molecule has 0 bridgehead atoms. The van der Waals surface area contributed by atoms with E-state index in [9.17, 15) is 5.26 Å². The first-order valence-electron chi connectivity index (χ1n) is 6.08. The Balaban J connectivity index is 2.15. The smallest absolute Gasteiger partial charge is 0.119 e. The van der Waals surface area contributed by atoms with Gasteiger partial charge in [-0.3, -0.25) is 0 Å². The molecule has 0 spiro atoms. The molecule has 20 heavy (non-hydrogen) atoms. The number of nitrogens with zero attached hydrogens (tertiary/aromatic N) is 2. The number of aromatic amines is 2. The molecule has 5 heteroatoms. The fourth-order valence-electron chi connectivity index (χ4n) is 2.12. The Morgan fingerprint density at radius 3 is 3.00 bits per heavy atom. The lowest BCUT2D eigenvalue weighted by molar-refractivity contribution is 0.415. The minimum atomic E-state index is 0.552. The topological polar surface area (TPSA) is 77.5 Å². The number of imidazole rings is 1. The van der Waals surface area contributed by atoms with Crippen molar-refractivity contribution >= 4 is 22.6 Å². The first-order chi connectivity index (χ1) is 9.81. The van der Waals surface area contributed by atoms with Crippen molar-refractivity contribution in [2.45, 2.75) is 0 Å². The second kappa shape index (κ2) is 4.94. The van der Waals surface area contributed by atoms with E-state index in [0.29, 0.717) is 5.57 Å². The molecule has 98 valence electrons. The van der Waals surface area contributed by atoms with Crippen molar-refractivity contribution in [3.63, 3.8) is 0 Å². The number of fused-ring (bicyclic) bond motifs is 1. The van der Waals surface area contributed by atoms with Crippen LogP contribution in [0.3, 0.4) is 0 Å². The Labute approximate surface area is 115 Å². The van der Waals surface area contributed by atoms with Crippen LogP contribution in [0.2, 0.25) is 0 Å². The van der Waals surface area contributed by atoms with Crippen LogP contribution in [-0.4, -0.2) is 22.1 Å². The van der Waals surface area contributed by atoms with E-state index in [-0.39, 0.29) is 0 Å². The second-order valence-corrected chi connectivity index (χ2v) is 4.28. The molecule has 0 aliphatic heterocycles. The van der Waals surface area contributed by atoms with Crippen LogP contribution in [0.25, 0.3) is 22.6 Å². The van der Waals surface area contributed by atoms with Crippen molar-refractivity contribution in [2.24, 2.45) is 0 Å². The molecule has 2 heterocycles. The SMILES string of the molecule is COc1ccc2[nH]cc(C(C#N)=Cc3c[nH]cn3)c2c1. The third-order valence-electron chi connectivity index (χ3n) is 3.11. The summed E-state index contributed by atoms with van der Waals surface area (Å²) in [6.07, 6.45) is 6.90. The van der Waals surface area contributed by atoms with Gasteiger partial charge in [0.05, 0.1) is 30.8 Å². The van der Waals surface area contributed by atoms with Gasteiger partial charge in [-0.15, -0.1) is 0 Å². The molecule has 0 unspecified atom stereocenters. The number of rotatable bonds is 3. The van der Waals surface area contributed by atoms with Crippen LogP contribution < -0.4 is 4.74 Å². The van der Waals surface area contributed by atoms with Gasteiger partial charge >= 0.3 is 0 Å². The van der Waals surface area contributed by atoms with Gasteiger partial charge in [-0.05, 0) is 24.3 Å². The highest BCUT2D eigenvalue weighted by molar-refractivity contribution is 6.01. The molecule has 3 aromatic rings. The van der Waals surface area contributed by atoms with Crippen molar-refractivity contribution in [3.8, 4) is 11.8 Å². The van der Waals surface area contributed by atoms with E-state index < -0.39 is 0 Å². The minimum absolute atomic E-state index is 0.552. The van der Waals surface area contributed by atoms with Gasteiger partial charge < -0.3 is 14.7 Å². The molecular weight excluding hydrogens is 252 g/mol. The first kappa shape index (κ1) is 12.1. The lowest BCUT2D eigenvalue weighted by Gasteiger charge is -2.01. The molecule has 1 aromatic carbocycles. The van der Waals surface area contributed by atoms with E-state index in [1.807, 2.05) is 24.4 Å². The molecule has 5 nitrogen and oxygen atoms in total. The number of hydrogen-bond donors (Lipinski definition) is 2. The summed E-state index contributed by atoms with van der Waals surface area (Å²) in [7, 11) is 1.62. The van der Waals surface area contributed by atoms with Gasteiger partial charge in [-0.2, -0.15) is 5.26 Å². The standard InChI is InChI=1S/C15H12N4O/c1-20-12-2-3-15-13(5-12)14(8-18-15)10(6-16)4-11-7-17-9-19-11/h2-5,7-9,18H,1H3,(H,17,19). The number of nitrogens with one attached hydrogen (secondary N) is 2. The molecule has 0 aliphatic carbocycles. The van der Waals surface area contributed by atoms with Crippen LogP contribution in [-0.2, 0) is 0 Å². The molecule has 0 atom stereocenters. The monoisotopic (exact) mass is 264 g/mol. The Kier molecular flexibility index (Phi) is 2.98. The van der Waals surface area contributed by atoms with Crippen molar-refractivity contribution in [1.29, 1.82) is 5.26 Å². The predicted molar refractivity (Wildman–Crippen MR) is 76.9 cm³/mol. The summed E-state index contributed by atoms with van der Waals surface area (Å²) in [6.45, 7) is 0. The highest BCUT2D eigenvalue weighted by Crippen LogP contribution is 2.28. The number of nitriles is 1. The summed E-state index contributed by atoms with van der Waals surface area (Å²) >= 11 is 0. The molecule has 2 N–H and O–H groups in total. The highest BCUT2D eigenvalue weighted by atomic mass is 16.5. The number of ether oxygens (including phenoxy) is 1. The van der Waals surface area contributed by atoms with Crippen LogP contribution in [0.5, 0.6) is 5.75 Å². The van der Waals surface area contributed by atoms with Crippen molar-refractivity contribution < 1.29 is 4.74 Å². The summed E-state index contributed by atoms with van der Waals surface area (Å²) in [4.78, 5) is 10.1. The third-order valence-corrected chi connectivity index (χ3v) is 3.11. The van der Waals surface area contributed by atoms with E-state index in [1.54, 1.807) is 25.7 Å². The Morgan fingerprint density at radius 2 is 2.30 bits per heavy atom. The number of benzene rings is 1. The number of aromatic nitrogens is 3. The van der Waals surface area contributed by atoms with E-state index in [0.717, 1.165) is 27.9 Å². The zero-order valence-corrected chi connectivity index (χ0v) is 10.8. The van der Waals surface area contributed by atoms with E-state index in [2.05, 4.69) is 21.0 Å². The normalized spacial score (nSPS) is 11.5. The van der Waals surface area contributed by atoms with Crippen LogP contribution in [0.15, 0.2) is 36.9 Å². The van der Waals surface area contributed by atoms with Gasteiger partial charge in [0, 0.05) is 28.9 Å². The molecule has 0 saturated carbocycles. The zero-order chi connectivity index (χ0) is 13.9. The average molecular weight is 264 g/mol. The lowest BCUT2D eigenvalue weighted by atomic mass is 10.0. The largest absolute Gasteiger partial charge is 0.497 e. The maximum atomic E-state index is 9.38. The molecule has 3 rings (SSSR count). The Hall–Kier alpha value is -3.00. The third kappa shape index (κ3) is 2.04. The van der Waals surface area contributed by atoms with Gasteiger partial charge in [0.1, 0.15) is 5.75 Å². The molecule has 0 radical (unpaired) electrons. The van der Waals surface area contributed by atoms with Crippen molar-refractivity contribution in [3.05, 3.63) is 48.2 Å². The molecular formula is C15H12N4O. The van der Waals surface area contributed by atoms with E-state index >= 15 is 0 Å². The number of methoxy groups -OCH3 is 1. The minimum Gasteiger partial charge on any atom is -0.497 e. The van der Waals surface area contributed by atoms with Crippen LogP contribution >= 0.6 is 0 Å².